The number of hydrogen-bond donors (Lipinski definition) is 2. The summed E-state index contributed by atoms with van der Waals surface area (Å²) in [5.41, 5.74) is 11.9. The number of nitrogens with two attached hydrogens (primary N) is 1. The Kier molecular flexibility index (Phi) is 11.4. The molecule has 0 radical (unpaired) electrons. The molecule has 9 nitrogen and oxygen atoms in total. The maximum Gasteiger partial charge on any atom is 0.315 e. The van der Waals surface area contributed by atoms with Crippen molar-refractivity contribution in [3.63, 3.8) is 0 Å². The number of fused-ring (bicyclic) bond motifs is 1. The Bertz CT molecular complexity index is 1400. The molecule has 1 fully saturated rings. The minimum Gasteiger partial charge on any atom is -0.469 e. The van der Waals surface area contributed by atoms with Gasteiger partial charge in [0.25, 0.3) is 0 Å². The van der Waals surface area contributed by atoms with Crippen LogP contribution in [0.25, 0.3) is 10.9 Å². The number of ether oxygens (including phenoxy) is 2. The number of carbonyl (C=O) groups is 3. The molecule has 10 heteroatoms. The molecule has 0 saturated carbocycles. The van der Waals surface area contributed by atoms with Crippen LogP contribution in [0.15, 0.2) is 42.5 Å². The minimum absolute atomic E-state index is 0.0909. The Labute approximate surface area is 261 Å². The van der Waals surface area contributed by atoms with Crippen LogP contribution in [-0.2, 0) is 36.8 Å². The molecule has 0 spiro atoms. The number of methoxy groups -OCH3 is 2. The summed E-state index contributed by atoms with van der Waals surface area (Å²) in [4.78, 5) is 38.6. The molecule has 3 N–H and O–H groups in total. The lowest BCUT2D eigenvalue weighted by Gasteiger charge is -2.34. The van der Waals surface area contributed by atoms with E-state index in [2.05, 4.69) is 62.3 Å². The van der Waals surface area contributed by atoms with Gasteiger partial charge < -0.3 is 30.0 Å². The summed E-state index contributed by atoms with van der Waals surface area (Å²) in [5, 5.41) is 3.98. The number of piperidine rings is 1. The van der Waals surface area contributed by atoms with E-state index in [-0.39, 0.29) is 30.7 Å². The van der Waals surface area contributed by atoms with Gasteiger partial charge in [-0.3, -0.25) is 14.4 Å². The predicted octanol–water partition coefficient (Wildman–Crippen LogP) is 4.76. The van der Waals surface area contributed by atoms with Crippen LogP contribution in [0.3, 0.4) is 0 Å². The predicted molar refractivity (Wildman–Crippen MR) is 172 cm³/mol. The first kappa shape index (κ1) is 32.0. The summed E-state index contributed by atoms with van der Waals surface area (Å²) < 4.78 is 13.6. The molecule has 1 saturated heterocycles. The van der Waals surface area contributed by atoms with E-state index in [1.807, 2.05) is 17.0 Å². The van der Waals surface area contributed by atoms with Crippen LogP contribution in [0.5, 0.6) is 0 Å². The van der Waals surface area contributed by atoms with Gasteiger partial charge in [0.2, 0.25) is 11.8 Å². The van der Waals surface area contributed by atoms with Crippen molar-refractivity contribution < 1.29 is 23.9 Å². The number of aromatic nitrogens is 1. The Morgan fingerprint density at radius 3 is 2.62 bits per heavy atom. The van der Waals surface area contributed by atoms with Crippen LogP contribution >= 0.6 is 22.6 Å². The Morgan fingerprint density at radius 2 is 1.90 bits per heavy atom. The first-order chi connectivity index (χ1) is 20.2. The van der Waals surface area contributed by atoms with Crippen LogP contribution < -0.4 is 11.1 Å². The van der Waals surface area contributed by atoms with Crippen molar-refractivity contribution in [2.75, 3.05) is 39.2 Å². The lowest BCUT2D eigenvalue weighted by molar-refractivity contribution is -0.142. The standard InChI is InChI=1S/C32H41IN4O5/c1-21-31-26(33)8-4-9-27(31)37(15-6-16-41-2)32(21)23-7-5-14-36(20-23)29(39)18-24(34)17-22-10-12-25(13-11-22)35-28(38)19-30(40)42-3/h4,8-13,23-24H,5-7,14-20,34H2,1-3H3,(H,35,38)/t23?,24-/m1/s1. The van der Waals surface area contributed by atoms with E-state index in [1.165, 1.54) is 32.8 Å². The lowest BCUT2D eigenvalue weighted by Crippen LogP contribution is -2.42. The van der Waals surface area contributed by atoms with E-state index >= 15 is 0 Å². The number of likely N-dealkylation sites (tertiary alicyclic amines) is 1. The summed E-state index contributed by atoms with van der Waals surface area (Å²) in [6, 6.07) is 13.4. The van der Waals surface area contributed by atoms with Gasteiger partial charge in [-0.15, -0.1) is 0 Å². The van der Waals surface area contributed by atoms with Crippen molar-refractivity contribution >= 4 is 57.0 Å². The molecular weight excluding hydrogens is 647 g/mol. The van der Waals surface area contributed by atoms with Crippen molar-refractivity contribution in [3.8, 4) is 0 Å². The zero-order chi connectivity index (χ0) is 30.2. The van der Waals surface area contributed by atoms with Crippen molar-refractivity contribution in [3.05, 3.63) is 62.9 Å². The van der Waals surface area contributed by atoms with E-state index in [1.54, 1.807) is 19.2 Å². The number of halogens is 1. The van der Waals surface area contributed by atoms with Crippen LogP contribution in [0.4, 0.5) is 5.69 Å². The highest BCUT2D eigenvalue weighted by Crippen LogP contribution is 2.37. The normalized spacial score (nSPS) is 15.9. The van der Waals surface area contributed by atoms with Gasteiger partial charge in [0.1, 0.15) is 6.42 Å². The van der Waals surface area contributed by atoms with Crippen molar-refractivity contribution in [2.45, 2.75) is 64.0 Å². The third-order valence-electron chi connectivity index (χ3n) is 7.93. The second-order valence-corrected chi connectivity index (χ2v) is 12.1. The number of benzene rings is 2. The zero-order valence-electron chi connectivity index (χ0n) is 24.7. The van der Waals surface area contributed by atoms with Gasteiger partial charge >= 0.3 is 5.97 Å². The van der Waals surface area contributed by atoms with Crippen LogP contribution in [0.1, 0.15) is 54.8 Å². The number of hydrogen-bond acceptors (Lipinski definition) is 6. The molecule has 1 unspecified atom stereocenters. The lowest BCUT2D eigenvalue weighted by atomic mass is 9.91. The van der Waals surface area contributed by atoms with Gasteiger partial charge in [-0.2, -0.15) is 0 Å². The summed E-state index contributed by atoms with van der Waals surface area (Å²) >= 11 is 2.43. The summed E-state index contributed by atoms with van der Waals surface area (Å²) in [5.74, 6) is -0.661. The maximum atomic E-state index is 13.4. The summed E-state index contributed by atoms with van der Waals surface area (Å²) in [6.07, 6.45) is 3.44. The number of aryl methyl sites for hydroxylation is 2. The first-order valence-electron chi connectivity index (χ1n) is 14.5. The molecule has 226 valence electrons. The fourth-order valence-electron chi connectivity index (χ4n) is 5.99. The fourth-order valence-corrected chi connectivity index (χ4v) is 6.88. The van der Waals surface area contributed by atoms with Crippen LogP contribution in [-0.4, -0.2) is 67.2 Å². The molecule has 0 aliphatic carbocycles. The van der Waals surface area contributed by atoms with Gasteiger partial charge in [0, 0.05) is 77.6 Å². The minimum atomic E-state index is -0.589. The fraction of sp³-hybridized carbons (Fsp3) is 0.469. The second-order valence-electron chi connectivity index (χ2n) is 11.0. The molecule has 2 atom stereocenters. The third-order valence-corrected chi connectivity index (χ3v) is 8.83. The molecule has 1 aromatic heterocycles. The zero-order valence-corrected chi connectivity index (χ0v) is 26.8. The van der Waals surface area contributed by atoms with Gasteiger partial charge in [-0.05, 0) is 90.6 Å². The Balaban J connectivity index is 1.39. The molecule has 2 amide bonds. The van der Waals surface area contributed by atoms with Gasteiger partial charge in [0.15, 0.2) is 0 Å². The number of esters is 1. The van der Waals surface area contributed by atoms with E-state index < -0.39 is 11.9 Å². The number of rotatable bonds is 12. The molecule has 0 bridgehead atoms. The number of carbonyl (C=O) groups excluding carboxylic acids is 3. The molecule has 2 heterocycles. The number of anilines is 1. The second kappa shape index (κ2) is 15.0. The van der Waals surface area contributed by atoms with Gasteiger partial charge in [-0.1, -0.05) is 18.2 Å². The van der Waals surface area contributed by atoms with Crippen molar-refractivity contribution in [2.24, 2.45) is 5.73 Å². The maximum absolute atomic E-state index is 13.4. The topological polar surface area (TPSA) is 116 Å². The number of amides is 2. The monoisotopic (exact) mass is 688 g/mol. The number of nitrogens with one attached hydrogen (secondary N) is 1. The smallest absolute Gasteiger partial charge is 0.315 e. The van der Waals surface area contributed by atoms with Crippen molar-refractivity contribution in [1.29, 1.82) is 0 Å². The SMILES string of the molecule is COCCCn1c(C2CCCN(C(=O)C[C@H](N)Cc3ccc(NC(=O)CC(=O)OC)cc3)C2)c(C)c2c(I)cccc21. The molecule has 1 aliphatic heterocycles. The number of nitrogens with zero attached hydrogens (tertiary/aromatic N) is 2. The summed E-state index contributed by atoms with van der Waals surface area (Å²) in [7, 11) is 2.98. The highest BCUT2D eigenvalue weighted by molar-refractivity contribution is 14.1. The van der Waals surface area contributed by atoms with Gasteiger partial charge in [0.05, 0.1) is 7.11 Å². The van der Waals surface area contributed by atoms with E-state index in [0.29, 0.717) is 25.3 Å². The molecule has 4 rings (SSSR count). The molecular formula is C32H41IN4O5. The van der Waals surface area contributed by atoms with Crippen LogP contribution in [0.2, 0.25) is 0 Å². The van der Waals surface area contributed by atoms with E-state index in [4.69, 9.17) is 10.5 Å². The molecule has 1 aliphatic rings. The molecule has 42 heavy (non-hydrogen) atoms. The first-order valence-corrected chi connectivity index (χ1v) is 15.5. The largest absolute Gasteiger partial charge is 0.469 e. The third kappa shape index (κ3) is 7.90. The average Bonchev–Trinajstić information content (AvgIpc) is 3.26. The van der Waals surface area contributed by atoms with Gasteiger partial charge in [-0.25, -0.2) is 0 Å². The molecule has 2 aromatic carbocycles. The van der Waals surface area contributed by atoms with Crippen LogP contribution in [0, 0.1) is 10.5 Å². The highest BCUT2D eigenvalue weighted by atomic mass is 127. The Morgan fingerprint density at radius 1 is 1.14 bits per heavy atom. The molecule has 3 aromatic rings. The van der Waals surface area contributed by atoms with E-state index in [9.17, 15) is 14.4 Å². The quantitative estimate of drug-likeness (QED) is 0.123. The van der Waals surface area contributed by atoms with Crippen molar-refractivity contribution in [1.82, 2.24) is 9.47 Å². The summed E-state index contributed by atoms with van der Waals surface area (Å²) in [6.45, 7) is 5.27. The van der Waals surface area contributed by atoms with E-state index in [0.717, 1.165) is 37.9 Å². The average molecular weight is 689 g/mol. The Hall–Kier alpha value is -2.96. The highest BCUT2D eigenvalue weighted by Gasteiger charge is 2.30.